The number of hydrogen-bond acceptors (Lipinski definition) is 6. The molecule has 0 saturated carbocycles. The van der Waals surface area contributed by atoms with Gasteiger partial charge in [0.1, 0.15) is 0 Å². The molecular formula is C9H16N2O5S. The fraction of sp³-hybridized carbons (Fsp3) is 0.889. The predicted octanol–water partition coefficient (Wildman–Crippen LogP) is -0.653. The van der Waals surface area contributed by atoms with Gasteiger partial charge >= 0.3 is 0 Å². The van der Waals surface area contributed by atoms with Gasteiger partial charge in [-0.1, -0.05) is 0 Å². The lowest BCUT2D eigenvalue weighted by atomic mass is 10.4. The minimum absolute atomic E-state index is 0.0864. The van der Waals surface area contributed by atoms with Gasteiger partial charge in [0.25, 0.3) is 0 Å². The number of ether oxygens (including phenoxy) is 2. The predicted molar refractivity (Wildman–Crippen MR) is 59.7 cm³/mol. The van der Waals surface area contributed by atoms with E-state index in [4.69, 9.17) is 9.47 Å². The summed E-state index contributed by atoms with van der Waals surface area (Å²) in [5.74, 6) is -0.119. The lowest BCUT2D eigenvalue weighted by molar-refractivity contribution is 0.0355. The SMILES string of the molecule is CCOCCS(=O)(=O)N1CCOCC1N=C=O. The lowest BCUT2D eigenvalue weighted by Crippen LogP contribution is -2.48. The summed E-state index contributed by atoms with van der Waals surface area (Å²) in [5, 5.41) is 0. The fourth-order valence-corrected chi connectivity index (χ4v) is 2.88. The third-order valence-electron chi connectivity index (χ3n) is 2.30. The van der Waals surface area contributed by atoms with Crippen LogP contribution in [0.1, 0.15) is 6.92 Å². The fourth-order valence-electron chi connectivity index (χ4n) is 1.49. The second-order valence-corrected chi connectivity index (χ2v) is 5.44. The molecule has 1 heterocycles. The van der Waals surface area contributed by atoms with E-state index in [1.807, 2.05) is 0 Å². The molecule has 0 spiro atoms. The molecule has 1 rings (SSSR count). The molecule has 0 aromatic rings. The van der Waals surface area contributed by atoms with Gasteiger partial charge in [-0.25, -0.2) is 13.2 Å². The van der Waals surface area contributed by atoms with E-state index in [0.717, 1.165) is 0 Å². The number of hydrogen-bond donors (Lipinski definition) is 0. The van der Waals surface area contributed by atoms with Crippen LogP contribution in [0.5, 0.6) is 0 Å². The average Bonchev–Trinajstić information content (AvgIpc) is 2.30. The molecule has 0 bridgehead atoms. The van der Waals surface area contributed by atoms with E-state index in [2.05, 4.69) is 4.99 Å². The summed E-state index contributed by atoms with van der Waals surface area (Å²) < 4.78 is 35.1. The van der Waals surface area contributed by atoms with E-state index >= 15 is 0 Å². The van der Waals surface area contributed by atoms with Gasteiger partial charge in [-0.05, 0) is 6.92 Å². The van der Waals surface area contributed by atoms with Crippen molar-refractivity contribution in [3.8, 4) is 0 Å². The van der Waals surface area contributed by atoms with Crippen molar-refractivity contribution in [1.29, 1.82) is 0 Å². The van der Waals surface area contributed by atoms with Crippen LogP contribution in [0.3, 0.4) is 0 Å². The van der Waals surface area contributed by atoms with E-state index < -0.39 is 16.2 Å². The maximum absolute atomic E-state index is 11.9. The Morgan fingerprint density at radius 3 is 3.00 bits per heavy atom. The first-order chi connectivity index (χ1) is 8.11. The van der Waals surface area contributed by atoms with Crippen molar-refractivity contribution in [3.63, 3.8) is 0 Å². The number of isocyanates is 1. The van der Waals surface area contributed by atoms with Gasteiger partial charge in [0.15, 0.2) is 6.17 Å². The molecular weight excluding hydrogens is 248 g/mol. The number of morpholine rings is 1. The Hall–Kier alpha value is -0.790. The molecule has 7 nitrogen and oxygen atoms in total. The highest BCUT2D eigenvalue weighted by Gasteiger charge is 2.32. The van der Waals surface area contributed by atoms with Crippen LogP contribution in [0.4, 0.5) is 0 Å². The third-order valence-corrected chi connectivity index (χ3v) is 4.13. The van der Waals surface area contributed by atoms with Crippen molar-refractivity contribution in [2.45, 2.75) is 13.1 Å². The number of sulfonamides is 1. The Labute approximate surface area is 100 Å². The molecule has 1 unspecified atom stereocenters. The van der Waals surface area contributed by atoms with Gasteiger partial charge in [0.05, 0.1) is 25.6 Å². The van der Waals surface area contributed by atoms with Crippen molar-refractivity contribution in [2.75, 3.05) is 38.7 Å². The Bertz CT molecular complexity index is 377. The van der Waals surface area contributed by atoms with Crippen molar-refractivity contribution < 1.29 is 22.7 Å². The Kier molecular flexibility index (Phi) is 5.73. The molecule has 0 amide bonds. The molecule has 0 aliphatic carbocycles. The van der Waals surface area contributed by atoms with E-state index in [9.17, 15) is 13.2 Å². The maximum atomic E-state index is 11.9. The van der Waals surface area contributed by atoms with Gasteiger partial charge < -0.3 is 9.47 Å². The molecule has 0 aromatic heterocycles. The normalized spacial score (nSPS) is 22.1. The van der Waals surface area contributed by atoms with Gasteiger partial charge in [-0.3, -0.25) is 0 Å². The van der Waals surface area contributed by atoms with E-state index in [1.165, 1.54) is 10.4 Å². The molecule has 1 saturated heterocycles. The first-order valence-electron chi connectivity index (χ1n) is 5.33. The molecule has 98 valence electrons. The molecule has 0 N–H and O–H groups in total. The highest BCUT2D eigenvalue weighted by atomic mass is 32.2. The average molecular weight is 264 g/mol. The number of carbonyl (C=O) groups excluding carboxylic acids is 1. The topological polar surface area (TPSA) is 85.3 Å². The largest absolute Gasteiger partial charge is 0.381 e. The van der Waals surface area contributed by atoms with E-state index in [-0.39, 0.29) is 25.5 Å². The summed E-state index contributed by atoms with van der Waals surface area (Å²) in [5.41, 5.74) is 0. The number of rotatable bonds is 6. The van der Waals surface area contributed by atoms with Crippen LogP contribution in [0.2, 0.25) is 0 Å². The smallest absolute Gasteiger partial charge is 0.236 e. The first kappa shape index (κ1) is 14.3. The van der Waals surface area contributed by atoms with E-state index in [1.54, 1.807) is 6.92 Å². The van der Waals surface area contributed by atoms with Gasteiger partial charge in [-0.15, -0.1) is 0 Å². The molecule has 1 aliphatic rings. The highest BCUT2D eigenvalue weighted by molar-refractivity contribution is 7.89. The van der Waals surface area contributed by atoms with Crippen molar-refractivity contribution in [3.05, 3.63) is 0 Å². The molecule has 8 heteroatoms. The van der Waals surface area contributed by atoms with Gasteiger partial charge in [0.2, 0.25) is 16.1 Å². The lowest BCUT2D eigenvalue weighted by Gasteiger charge is -2.30. The summed E-state index contributed by atoms with van der Waals surface area (Å²) in [4.78, 5) is 13.6. The quantitative estimate of drug-likeness (QED) is 0.361. The molecule has 0 radical (unpaired) electrons. The molecule has 17 heavy (non-hydrogen) atoms. The highest BCUT2D eigenvalue weighted by Crippen LogP contribution is 2.13. The second-order valence-electron chi connectivity index (χ2n) is 3.40. The van der Waals surface area contributed by atoms with Crippen molar-refractivity contribution >= 4 is 16.1 Å². The maximum Gasteiger partial charge on any atom is 0.236 e. The molecule has 1 fully saturated rings. The first-order valence-corrected chi connectivity index (χ1v) is 6.94. The van der Waals surface area contributed by atoms with E-state index in [0.29, 0.717) is 13.2 Å². The van der Waals surface area contributed by atoms with Crippen LogP contribution in [0.15, 0.2) is 4.99 Å². The zero-order chi connectivity index (χ0) is 12.7. The van der Waals surface area contributed by atoms with Crippen LogP contribution < -0.4 is 0 Å². The number of nitrogens with zero attached hydrogens (tertiary/aromatic N) is 2. The molecule has 1 aliphatic heterocycles. The Morgan fingerprint density at radius 1 is 1.59 bits per heavy atom. The summed E-state index contributed by atoms with van der Waals surface area (Å²) in [6.45, 7) is 2.98. The standard InChI is InChI=1S/C9H16N2O5S/c1-2-15-5-6-17(13,14)11-3-4-16-7-9(11)10-8-12/h9H,2-7H2,1H3. The third kappa shape index (κ3) is 4.18. The van der Waals surface area contributed by atoms with Crippen LogP contribution >= 0.6 is 0 Å². The minimum atomic E-state index is -3.47. The van der Waals surface area contributed by atoms with Crippen LogP contribution in [-0.4, -0.2) is 63.7 Å². The van der Waals surface area contributed by atoms with Crippen molar-refractivity contribution in [2.24, 2.45) is 4.99 Å². The van der Waals surface area contributed by atoms with Gasteiger partial charge in [-0.2, -0.15) is 9.30 Å². The van der Waals surface area contributed by atoms with Crippen LogP contribution in [0, 0.1) is 0 Å². The molecule has 0 aromatic carbocycles. The summed E-state index contributed by atoms with van der Waals surface area (Å²) in [6.07, 6.45) is 0.566. The summed E-state index contributed by atoms with van der Waals surface area (Å²) in [7, 11) is -3.47. The Balaban J connectivity index is 2.69. The minimum Gasteiger partial charge on any atom is -0.381 e. The molecule has 1 atom stereocenters. The summed E-state index contributed by atoms with van der Waals surface area (Å²) >= 11 is 0. The van der Waals surface area contributed by atoms with Gasteiger partial charge in [0, 0.05) is 13.2 Å². The zero-order valence-electron chi connectivity index (χ0n) is 9.66. The number of aliphatic imine (C=N–C) groups is 1. The van der Waals surface area contributed by atoms with Crippen LogP contribution in [0.25, 0.3) is 0 Å². The monoisotopic (exact) mass is 264 g/mol. The van der Waals surface area contributed by atoms with Crippen molar-refractivity contribution in [1.82, 2.24) is 4.31 Å². The zero-order valence-corrected chi connectivity index (χ0v) is 10.5. The summed E-state index contributed by atoms with van der Waals surface area (Å²) in [6, 6.07) is 0. The Morgan fingerprint density at radius 2 is 2.35 bits per heavy atom. The van der Waals surface area contributed by atoms with Crippen LogP contribution in [-0.2, 0) is 24.3 Å². The second kappa shape index (κ2) is 6.83.